The van der Waals surface area contributed by atoms with Crippen LogP contribution in [0.15, 0.2) is 48.2 Å². The molecule has 4 rings (SSSR count). The molecule has 0 unspecified atom stereocenters. The molecule has 5 heteroatoms. The van der Waals surface area contributed by atoms with Crippen molar-refractivity contribution >= 4 is 24.5 Å². The largest absolute Gasteiger partial charge is 0.455 e. The Labute approximate surface area is 155 Å². The Balaban J connectivity index is 1.86. The second-order valence-electron chi connectivity index (χ2n) is 7.98. The monoisotopic (exact) mass is 350 g/mol. The number of benzene rings is 1. The number of carbonyl (C=O) groups is 1. The van der Waals surface area contributed by atoms with Crippen LogP contribution in [0, 0.1) is 0 Å². The molecule has 0 radical (unpaired) electrons. The van der Waals surface area contributed by atoms with E-state index in [2.05, 4.69) is 35.6 Å². The van der Waals surface area contributed by atoms with Crippen molar-refractivity contribution in [3.05, 3.63) is 53.8 Å². The summed E-state index contributed by atoms with van der Waals surface area (Å²) in [5, 5.41) is 0. The first-order chi connectivity index (χ1) is 12.6. The van der Waals surface area contributed by atoms with Crippen molar-refractivity contribution in [2.75, 3.05) is 0 Å². The molecule has 136 valence electrons. The van der Waals surface area contributed by atoms with E-state index in [1.165, 1.54) is 24.0 Å². The standard InChI is InChI=1S/C21H27BN2O2/c1-23-14-15-24(2)20(23)22-18-17(16-10-6-5-7-11-16)19(25)26-21(18)12-8-3-4-9-13-21/h5-7,10-11,14-15H,3-4,8-9,12-13,22H2,1-2H3. The highest BCUT2D eigenvalue weighted by atomic mass is 16.6. The van der Waals surface area contributed by atoms with Gasteiger partial charge in [0.2, 0.25) is 0 Å². The van der Waals surface area contributed by atoms with Gasteiger partial charge >= 0.3 is 5.97 Å². The molecule has 0 saturated heterocycles. The zero-order valence-corrected chi connectivity index (χ0v) is 16.0. The quantitative estimate of drug-likeness (QED) is 0.480. The Morgan fingerprint density at radius 2 is 1.81 bits per heavy atom. The highest BCUT2D eigenvalue weighted by molar-refractivity contribution is 6.62. The minimum atomic E-state index is -0.673. The fraction of sp³-hybridized carbons (Fsp3) is 0.429. The van der Waals surface area contributed by atoms with Crippen molar-refractivity contribution in [2.45, 2.75) is 44.1 Å². The predicted molar refractivity (Wildman–Crippen MR) is 105 cm³/mol. The molecule has 0 amide bonds. The summed E-state index contributed by atoms with van der Waals surface area (Å²) in [5.41, 5.74) is 4.10. The van der Waals surface area contributed by atoms with Crippen LogP contribution in [-0.2, 0) is 23.6 Å². The molecule has 0 bridgehead atoms. The molecule has 0 N–H and O–H groups in total. The third kappa shape index (κ3) is 2.89. The number of ether oxygens (including phenoxy) is 1. The second-order valence-corrected chi connectivity index (χ2v) is 7.98. The number of hydrogen-bond acceptors (Lipinski definition) is 2. The lowest BCUT2D eigenvalue weighted by Gasteiger charge is -2.33. The zero-order valence-electron chi connectivity index (χ0n) is 16.0. The van der Waals surface area contributed by atoms with Gasteiger partial charge in [-0.1, -0.05) is 43.2 Å². The average molecular weight is 350 g/mol. The van der Waals surface area contributed by atoms with E-state index in [1.54, 1.807) is 0 Å². The van der Waals surface area contributed by atoms with Gasteiger partial charge in [0.15, 0.2) is 0 Å². The highest BCUT2D eigenvalue weighted by Crippen LogP contribution is 2.45. The number of aromatic nitrogens is 2. The molecule has 1 aromatic carbocycles. The van der Waals surface area contributed by atoms with Crippen LogP contribution >= 0.6 is 0 Å². The van der Waals surface area contributed by atoms with Crippen molar-refractivity contribution in [3.63, 3.8) is 0 Å². The molecule has 0 atom stereocenters. The smallest absolute Gasteiger partial charge is 0.336 e. The summed E-state index contributed by atoms with van der Waals surface area (Å²) in [6.07, 6.45) is 10.9. The molecule has 2 aliphatic rings. The van der Waals surface area contributed by atoms with E-state index in [1.807, 2.05) is 30.3 Å². The molecule has 2 heterocycles. The van der Waals surface area contributed by atoms with Crippen molar-refractivity contribution in [2.24, 2.45) is 14.1 Å². The van der Waals surface area contributed by atoms with E-state index < -0.39 is 7.28 Å². The molecule has 1 aromatic heterocycles. The van der Waals surface area contributed by atoms with Crippen molar-refractivity contribution < 1.29 is 14.1 Å². The Bertz CT molecular complexity index is 827. The number of aryl methyl sites for hydroxylation is 2. The summed E-state index contributed by atoms with van der Waals surface area (Å²) >= 11 is 0. The number of rotatable bonds is 3. The van der Waals surface area contributed by atoms with Gasteiger partial charge in [-0.05, 0) is 31.2 Å². The highest BCUT2D eigenvalue weighted by Gasteiger charge is 2.44. The minimum absolute atomic E-state index is 0.117. The molecule has 1 saturated carbocycles. The molecule has 26 heavy (non-hydrogen) atoms. The number of nitrogens with zero attached hydrogens (tertiary/aromatic N) is 2. The third-order valence-electron chi connectivity index (χ3n) is 6.53. The molecular weight excluding hydrogens is 323 g/mol. The Kier molecular flexibility index (Phi) is 4.47. The van der Waals surface area contributed by atoms with Crippen LogP contribution in [0.3, 0.4) is 0 Å². The van der Waals surface area contributed by atoms with Gasteiger partial charge in [-0.25, -0.2) is 4.79 Å². The lowest BCUT2D eigenvalue weighted by Crippen LogP contribution is -2.52. The van der Waals surface area contributed by atoms with Crippen LogP contribution in [0.2, 0.25) is 0 Å². The van der Waals surface area contributed by atoms with Gasteiger partial charge in [0, 0.05) is 5.57 Å². The van der Waals surface area contributed by atoms with Gasteiger partial charge in [-0.3, -0.25) is 9.13 Å². The fourth-order valence-corrected chi connectivity index (χ4v) is 5.00. The van der Waals surface area contributed by atoms with E-state index in [-0.39, 0.29) is 11.6 Å². The van der Waals surface area contributed by atoms with E-state index in [4.69, 9.17) is 4.74 Å². The third-order valence-corrected chi connectivity index (χ3v) is 6.53. The van der Waals surface area contributed by atoms with Crippen LogP contribution in [0.4, 0.5) is 0 Å². The van der Waals surface area contributed by atoms with E-state index in [0.717, 1.165) is 36.8 Å². The van der Waals surface area contributed by atoms with Crippen LogP contribution in [-0.4, -0.2) is 23.4 Å². The first-order valence-electron chi connectivity index (χ1n) is 9.92. The zero-order chi connectivity index (χ0) is 18.1. The van der Waals surface area contributed by atoms with Crippen LogP contribution < -0.4 is 10.3 Å². The number of carbonyl (C=O) groups excluding carboxylic acids is 1. The molecule has 1 aliphatic carbocycles. The summed E-state index contributed by atoms with van der Waals surface area (Å²) in [6, 6.07) is 10.1. The number of esters is 1. The summed E-state index contributed by atoms with van der Waals surface area (Å²) < 4.78 is 10.6. The lowest BCUT2D eigenvalue weighted by atomic mass is 9.58. The SMILES string of the molecule is Cn1cc[n+](C)c1[BH2-]C1=C(c2ccccc2)C(=O)OC12CCCCCC2. The summed E-state index contributed by atoms with van der Waals surface area (Å²) in [7, 11) is 3.52. The Morgan fingerprint density at radius 3 is 2.42 bits per heavy atom. The van der Waals surface area contributed by atoms with Gasteiger partial charge < -0.3 is 4.74 Å². The minimum Gasteiger partial charge on any atom is -0.455 e. The van der Waals surface area contributed by atoms with Crippen LogP contribution in [0.5, 0.6) is 0 Å². The second kappa shape index (κ2) is 6.78. The van der Waals surface area contributed by atoms with Gasteiger partial charge in [-0.15, -0.1) is 0 Å². The molecule has 1 fully saturated rings. The maximum Gasteiger partial charge on any atom is 0.336 e. The number of hydrogen-bond donors (Lipinski definition) is 0. The summed E-state index contributed by atoms with van der Waals surface area (Å²) in [6.45, 7) is 0. The van der Waals surface area contributed by atoms with Gasteiger partial charge in [0.1, 0.15) is 25.3 Å². The maximum atomic E-state index is 13.0. The lowest BCUT2D eigenvalue weighted by molar-refractivity contribution is -0.652. The van der Waals surface area contributed by atoms with E-state index >= 15 is 0 Å². The van der Waals surface area contributed by atoms with Crippen molar-refractivity contribution in [1.29, 1.82) is 0 Å². The molecular formula is C21H27BN2O2. The summed E-state index contributed by atoms with van der Waals surface area (Å²) in [4.78, 5) is 13.0. The normalized spacial score (nSPS) is 19.7. The van der Waals surface area contributed by atoms with Crippen molar-refractivity contribution in [3.8, 4) is 0 Å². The predicted octanol–water partition coefficient (Wildman–Crippen LogP) is 1.70. The molecule has 1 spiro atoms. The summed E-state index contributed by atoms with van der Waals surface area (Å²) in [5.74, 6) is -0.117. The van der Waals surface area contributed by atoms with Crippen LogP contribution in [0.25, 0.3) is 5.57 Å². The first kappa shape index (κ1) is 17.1. The topological polar surface area (TPSA) is 35.1 Å². The maximum absolute atomic E-state index is 13.0. The number of imidazole rings is 1. The Hall–Kier alpha value is -2.30. The van der Waals surface area contributed by atoms with Gasteiger partial charge in [0.05, 0.1) is 19.8 Å². The molecule has 2 aromatic rings. The van der Waals surface area contributed by atoms with Gasteiger partial charge in [0.25, 0.3) is 0 Å². The fourth-order valence-electron chi connectivity index (χ4n) is 5.00. The van der Waals surface area contributed by atoms with E-state index in [9.17, 15) is 4.79 Å². The first-order valence-corrected chi connectivity index (χ1v) is 9.92. The average Bonchev–Trinajstić information content (AvgIpc) is 2.97. The van der Waals surface area contributed by atoms with E-state index in [0.29, 0.717) is 0 Å². The Morgan fingerprint density at radius 1 is 1.12 bits per heavy atom. The molecule has 1 aliphatic heterocycles. The van der Waals surface area contributed by atoms with Crippen LogP contribution in [0.1, 0.15) is 44.1 Å². The molecule has 4 nitrogen and oxygen atoms in total. The van der Waals surface area contributed by atoms with Gasteiger partial charge in [-0.2, -0.15) is 5.47 Å². The van der Waals surface area contributed by atoms with Crippen molar-refractivity contribution in [1.82, 2.24) is 4.57 Å².